The van der Waals surface area contributed by atoms with Gasteiger partial charge in [-0.25, -0.2) is 0 Å². The average Bonchev–Trinajstić information content (AvgIpc) is 2.85. The van der Waals surface area contributed by atoms with Crippen molar-refractivity contribution in [3.05, 3.63) is 0 Å². The van der Waals surface area contributed by atoms with Crippen LogP contribution in [0.15, 0.2) is 0 Å². The van der Waals surface area contributed by atoms with Crippen molar-refractivity contribution >= 4 is 0 Å². The number of aliphatic hydroxyl groups excluding tert-OH is 12. The SMILES string of the molecule is CC(O)C(O)C(C)COC1OC(CO)C(O)C(O)C1O.CC(O)C(O)C(O)C(O)CO.CCCCO. The number of aliphatic hydroxyl groups is 12. The largest absolute Gasteiger partial charge is 0.396 e. The molecule has 14 heteroatoms. The Bertz CT molecular complexity index is 507. The molecule has 14 nitrogen and oxygen atoms in total. The summed E-state index contributed by atoms with van der Waals surface area (Å²) in [6.45, 7) is 5.54. The van der Waals surface area contributed by atoms with E-state index in [0.29, 0.717) is 6.61 Å². The second-order valence-electron chi connectivity index (χ2n) is 8.79. The smallest absolute Gasteiger partial charge is 0.186 e. The summed E-state index contributed by atoms with van der Waals surface area (Å²) in [6, 6.07) is 0. The Morgan fingerprint density at radius 1 is 0.750 bits per heavy atom. The van der Waals surface area contributed by atoms with Gasteiger partial charge in [-0.15, -0.1) is 0 Å². The lowest BCUT2D eigenvalue weighted by molar-refractivity contribution is -0.304. The van der Waals surface area contributed by atoms with Gasteiger partial charge < -0.3 is 70.8 Å². The van der Waals surface area contributed by atoms with Crippen molar-refractivity contribution in [2.75, 3.05) is 26.4 Å². The van der Waals surface area contributed by atoms with Crippen molar-refractivity contribution in [2.45, 2.75) is 108 Å². The normalized spacial score (nSPS) is 29.8. The van der Waals surface area contributed by atoms with Crippen LogP contribution in [0, 0.1) is 5.92 Å². The summed E-state index contributed by atoms with van der Waals surface area (Å²) in [5, 5.41) is 109. The number of hydrogen-bond donors (Lipinski definition) is 12. The summed E-state index contributed by atoms with van der Waals surface area (Å²) >= 11 is 0. The molecule has 0 saturated carbocycles. The number of unbranched alkanes of at least 4 members (excludes halogenated alkanes) is 1. The lowest BCUT2D eigenvalue weighted by atomic mass is 9.99. The highest BCUT2D eigenvalue weighted by Gasteiger charge is 2.44. The molecule has 0 spiro atoms. The zero-order valence-electron chi connectivity index (χ0n) is 21.4. The van der Waals surface area contributed by atoms with Crippen LogP contribution in [0.5, 0.6) is 0 Å². The third kappa shape index (κ3) is 13.8. The first-order valence-electron chi connectivity index (χ1n) is 11.9. The molecule has 1 aliphatic rings. The summed E-state index contributed by atoms with van der Waals surface area (Å²) in [5.74, 6) is -0.428. The second kappa shape index (κ2) is 20.4. The van der Waals surface area contributed by atoms with Crippen LogP contribution in [0.4, 0.5) is 0 Å². The van der Waals surface area contributed by atoms with Gasteiger partial charge in [0.05, 0.1) is 38.1 Å². The Labute approximate surface area is 211 Å². The summed E-state index contributed by atoms with van der Waals surface area (Å²) in [7, 11) is 0. The van der Waals surface area contributed by atoms with Gasteiger partial charge in [0.15, 0.2) is 6.29 Å². The van der Waals surface area contributed by atoms with Gasteiger partial charge in [0.1, 0.15) is 42.7 Å². The lowest BCUT2D eigenvalue weighted by Gasteiger charge is -2.40. The van der Waals surface area contributed by atoms with Crippen LogP contribution < -0.4 is 0 Å². The van der Waals surface area contributed by atoms with E-state index in [9.17, 15) is 25.5 Å². The Morgan fingerprint density at radius 3 is 1.64 bits per heavy atom. The predicted octanol–water partition coefficient (Wildman–Crippen LogP) is -4.60. The highest BCUT2D eigenvalue weighted by molar-refractivity contribution is 4.89. The highest BCUT2D eigenvalue weighted by atomic mass is 16.7. The fraction of sp³-hybridized carbons (Fsp3) is 1.00. The van der Waals surface area contributed by atoms with E-state index in [2.05, 4.69) is 6.92 Å². The van der Waals surface area contributed by atoms with Gasteiger partial charge in [-0.1, -0.05) is 20.3 Å². The van der Waals surface area contributed by atoms with Crippen LogP contribution in [0.2, 0.25) is 0 Å². The number of rotatable bonds is 12. The van der Waals surface area contributed by atoms with Crippen LogP contribution >= 0.6 is 0 Å². The molecule has 36 heavy (non-hydrogen) atoms. The predicted molar refractivity (Wildman–Crippen MR) is 125 cm³/mol. The van der Waals surface area contributed by atoms with Crippen molar-refractivity contribution in [1.29, 1.82) is 0 Å². The third-order valence-corrected chi connectivity index (χ3v) is 5.39. The molecular weight excluding hydrogens is 488 g/mol. The number of ether oxygens (including phenoxy) is 2. The van der Waals surface area contributed by atoms with Gasteiger partial charge in [0.2, 0.25) is 0 Å². The summed E-state index contributed by atoms with van der Waals surface area (Å²) < 4.78 is 10.4. The fourth-order valence-corrected chi connectivity index (χ4v) is 2.80. The van der Waals surface area contributed by atoms with Gasteiger partial charge in [0, 0.05) is 12.5 Å². The fourth-order valence-electron chi connectivity index (χ4n) is 2.80. The highest BCUT2D eigenvalue weighted by Crippen LogP contribution is 2.23. The van der Waals surface area contributed by atoms with Crippen molar-refractivity contribution in [2.24, 2.45) is 5.92 Å². The molecule has 220 valence electrons. The molecule has 0 aromatic carbocycles. The first-order valence-corrected chi connectivity index (χ1v) is 11.9. The van der Waals surface area contributed by atoms with Crippen LogP contribution in [-0.2, 0) is 9.47 Å². The van der Waals surface area contributed by atoms with E-state index in [1.54, 1.807) is 6.92 Å². The minimum absolute atomic E-state index is 0.0330. The molecule has 0 aliphatic carbocycles. The van der Waals surface area contributed by atoms with Crippen molar-refractivity contribution in [3.63, 3.8) is 0 Å². The Hall–Kier alpha value is -0.560. The molecule has 1 rings (SSSR count). The first kappa shape index (κ1) is 37.6. The minimum atomic E-state index is -1.51. The molecule has 1 fully saturated rings. The summed E-state index contributed by atoms with van der Waals surface area (Å²) in [4.78, 5) is 0. The van der Waals surface area contributed by atoms with Gasteiger partial charge in [-0.3, -0.25) is 0 Å². The molecule has 0 aromatic heterocycles. The maximum Gasteiger partial charge on any atom is 0.186 e. The molecule has 0 aromatic rings. The zero-order valence-corrected chi connectivity index (χ0v) is 21.4. The van der Waals surface area contributed by atoms with Gasteiger partial charge in [0.25, 0.3) is 0 Å². The molecule has 0 radical (unpaired) electrons. The van der Waals surface area contributed by atoms with Gasteiger partial charge >= 0.3 is 0 Å². The quantitative estimate of drug-likeness (QED) is 0.112. The first-order chi connectivity index (χ1) is 16.7. The summed E-state index contributed by atoms with van der Waals surface area (Å²) in [6.07, 6.45) is -12.0. The maximum atomic E-state index is 9.73. The molecule has 0 bridgehead atoms. The van der Waals surface area contributed by atoms with E-state index in [0.717, 1.165) is 12.8 Å². The Morgan fingerprint density at radius 2 is 1.28 bits per heavy atom. The monoisotopic (exact) mass is 536 g/mol. The molecular formula is C22H48O14. The van der Waals surface area contributed by atoms with Crippen LogP contribution in [0.3, 0.4) is 0 Å². The Balaban J connectivity index is 0. The molecule has 0 amide bonds. The zero-order chi connectivity index (χ0) is 28.6. The summed E-state index contributed by atoms with van der Waals surface area (Å²) in [5.41, 5.74) is 0. The van der Waals surface area contributed by atoms with E-state index >= 15 is 0 Å². The Kier molecular flexibility index (Phi) is 21.3. The van der Waals surface area contributed by atoms with Crippen LogP contribution in [0.25, 0.3) is 0 Å². The van der Waals surface area contributed by atoms with E-state index in [1.807, 2.05) is 0 Å². The molecule has 12 unspecified atom stereocenters. The minimum Gasteiger partial charge on any atom is -0.396 e. The lowest BCUT2D eigenvalue weighted by Crippen LogP contribution is -2.59. The third-order valence-electron chi connectivity index (χ3n) is 5.39. The average molecular weight is 537 g/mol. The molecule has 12 atom stereocenters. The second-order valence-corrected chi connectivity index (χ2v) is 8.79. The van der Waals surface area contributed by atoms with Crippen molar-refractivity contribution < 1.29 is 70.8 Å². The van der Waals surface area contributed by atoms with Gasteiger partial charge in [-0.2, -0.15) is 0 Å². The van der Waals surface area contributed by atoms with Crippen molar-refractivity contribution in [1.82, 2.24) is 0 Å². The van der Waals surface area contributed by atoms with E-state index < -0.39 is 86.5 Å². The van der Waals surface area contributed by atoms with Crippen molar-refractivity contribution in [3.8, 4) is 0 Å². The van der Waals surface area contributed by atoms with Crippen LogP contribution in [0.1, 0.15) is 40.5 Å². The molecule has 1 aliphatic heterocycles. The number of hydrogen-bond acceptors (Lipinski definition) is 14. The van der Waals surface area contributed by atoms with E-state index in [4.69, 9.17) is 45.2 Å². The van der Waals surface area contributed by atoms with Crippen LogP contribution in [-0.4, -0.2) is 155 Å². The van der Waals surface area contributed by atoms with Gasteiger partial charge in [-0.05, 0) is 20.3 Å². The molecule has 1 heterocycles. The topological polar surface area (TPSA) is 261 Å². The van der Waals surface area contributed by atoms with E-state index in [-0.39, 0.29) is 6.61 Å². The van der Waals surface area contributed by atoms with E-state index in [1.165, 1.54) is 13.8 Å². The molecule has 12 N–H and O–H groups in total. The standard InChI is InChI=1S/C12H24O8.C6H14O5.C4H10O/c1-5(8(15)6(2)14)4-19-12-11(18)10(17)9(16)7(3-13)20-12;1-3(8)5(10)6(11)4(9)2-7;1-2-3-4-5/h5-18H,3-4H2,1-2H3;3-11H,2H2,1H3;5H,2-4H2,1H3. The maximum absolute atomic E-state index is 9.73. The molecule has 1 saturated heterocycles.